The zero-order chi connectivity index (χ0) is 9.86. The first-order valence-electron chi connectivity index (χ1n) is 2.43. The summed E-state index contributed by atoms with van der Waals surface area (Å²) in [5.74, 6) is -2.17. The maximum Gasteiger partial charge on any atom is 0.0383 e. The normalized spacial score (nSPS) is 5.64. The molecule has 0 aromatic heterocycles. The number of hydrogen-bond donors (Lipinski definition) is 0. The predicted molar refractivity (Wildman–Crippen MR) is 31.6 cm³/mol. The molecule has 4 nitrogen and oxygen atoms in total. The molecule has 0 saturated heterocycles. The Morgan fingerprint density at radius 1 is 1.27 bits per heavy atom. The van der Waals surface area contributed by atoms with Crippen molar-refractivity contribution in [1.82, 2.24) is 0 Å². The molecule has 0 spiro atoms. The van der Waals surface area contributed by atoms with Gasteiger partial charge in [-0.15, -0.1) is 0 Å². The van der Waals surface area contributed by atoms with Crippen molar-refractivity contribution in [2.75, 3.05) is 0 Å². The number of carbonyl (C=O) groups is 2. The van der Waals surface area contributed by atoms with Crippen LogP contribution >= 0.6 is 0 Å². The minimum absolute atomic E-state index is 0.972. The Labute approximate surface area is 75.6 Å². The maximum atomic E-state index is 8.89. The molecule has 11 heavy (non-hydrogen) atoms. The molecule has 0 heterocycles. The number of carboxylic acid groups (broad SMARTS) is 2. The molecule has 0 atom stereocenters. The summed E-state index contributed by atoms with van der Waals surface area (Å²) in [5, 5.41) is 17.8. The molecule has 0 rings (SSSR count). The van der Waals surface area contributed by atoms with Gasteiger partial charge in [0.2, 0.25) is 0 Å². The van der Waals surface area contributed by atoms with Gasteiger partial charge in [-0.05, 0) is 13.8 Å². The van der Waals surface area contributed by atoms with E-state index in [1.54, 1.807) is 4.67 Å². The Balaban J connectivity index is -0.0000000886. The Hall–Kier alpha value is -0.697. The summed E-state index contributed by atoms with van der Waals surface area (Å²) < 4.78 is 1.68. The Bertz CT molecular complexity index is 102. The molecule has 0 fully saturated rings. The van der Waals surface area contributed by atoms with Crippen molar-refractivity contribution in [2.45, 2.75) is 13.8 Å². The molecule has 0 bridgehead atoms. The Morgan fingerprint density at radius 2 is 1.27 bits per heavy atom. The van der Waals surface area contributed by atoms with Crippen LogP contribution in [0.4, 0.5) is 0 Å². The van der Waals surface area contributed by atoms with Crippen LogP contribution < -0.4 is 10.2 Å². The van der Waals surface area contributed by atoms with E-state index in [1.807, 2.05) is 0 Å². The van der Waals surface area contributed by atoms with Crippen molar-refractivity contribution in [3.63, 3.8) is 0 Å². The molecule has 65 valence electrons. The first-order valence-corrected chi connectivity index (χ1v) is 3.43. The van der Waals surface area contributed by atoms with Crippen LogP contribution in [0.5, 0.6) is 0 Å². The van der Waals surface area contributed by atoms with Gasteiger partial charge in [0, 0.05) is 11.9 Å². The van der Waals surface area contributed by atoms with Crippen molar-refractivity contribution < 1.29 is 38.1 Å². The fraction of sp³-hybridized carbons (Fsp3) is 0.333. The summed E-state index contributed by atoms with van der Waals surface area (Å²) in [6.07, 6.45) is 0. The summed E-state index contributed by atoms with van der Waals surface area (Å²) in [4.78, 5) is 17.8. The third kappa shape index (κ3) is 1020. The molecule has 0 radical (unpaired) electrons. The van der Waals surface area contributed by atoms with Crippen molar-refractivity contribution >= 4 is 11.9 Å². The number of carboxylic acids is 2. The summed E-state index contributed by atoms with van der Waals surface area (Å²) in [7, 11) is 0. The van der Waals surface area contributed by atoms with Crippen LogP contribution in [-0.2, 0) is 27.9 Å². The molecule has 0 aliphatic heterocycles. The quantitative estimate of drug-likeness (QED) is 0.472. The van der Waals surface area contributed by atoms with E-state index < -0.39 is 11.9 Å². The maximum absolute atomic E-state index is 8.89. The van der Waals surface area contributed by atoms with Crippen LogP contribution in [0.25, 0.3) is 0 Å². The van der Waals surface area contributed by atoms with Crippen LogP contribution in [-0.4, -0.2) is 11.9 Å². The topological polar surface area (TPSA) is 80.3 Å². The molecule has 0 amide bonds. The molecule has 0 unspecified atom stereocenters. The van der Waals surface area contributed by atoms with E-state index in [2.05, 4.69) is 24.9 Å². The summed E-state index contributed by atoms with van der Waals surface area (Å²) in [6.45, 7) is 5.27. The molecule has 0 saturated carbocycles. The van der Waals surface area contributed by atoms with E-state index in [-0.39, 0.29) is 0 Å². The minimum Gasteiger partial charge on any atom is -0.550 e. The van der Waals surface area contributed by atoms with Gasteiger partial charge in [0.05, 0.1) is 0 Å². The Kier molecular flexibility index (Phi) is 24.5. The summed E-state index contributed by atoms with van der Waals surface area (Å²) in [5.41, 5.74) is 0. The third-order valence-corrected chi connectivity index (χ3v) is 0. The Morgan fingerprint density at radius 3 is 1.27 bits per heavy atom. The number of carbonyl (C=O) groups excluding carboxylic acids is 2. The van der Waals surface area contributed by atoms with Crippen LogP contribution in [0.3, 0.4) is 0 Å². The van der Waals surface area contributed by atoms with E-state index in [9.17, 15) is 0 Å². The van der Waals surface area contributed by atoms with Gasteiger partial charge < -0.3 is 19.8 Å². The molecular weight excluding hydrogens is 237 g/mol. The summed E-state index contributed by atoms with van der Waals surface area (Å²) in [6, 6.07) is 0. The standard InChI is InChI=1S/2C2H4O2.C2H3.Ru/c2*1-2(3)4;1-2;/h2*1H3,(H,3,4);1H,2H2;/q;;;+2/p-2. The average molecular weight is 246 g/mol. The van der Waals surface area contributed by atoms with Crippen molar-refractivity contribution in [3.8, 4) is 0 Å². The second-order valence-electron chi connectivity index (χ2n) is 1.13. The molecule has 0 aromatic rings. The van der Waals surface area contributed by atoms with E-state index in [0.717, 1.165) is 13.8 Å². The van der Waals surface area contributed by atoms with Crippen molar-refractivity contribution in [2.24, 2.45) is 0 Å². The molecule has 0 N–H and O–H groups in total. The van der Waals surface area contributed by atoms with Gasteiger partial charge >= 0.3 is 29.6 Å². The monoisotopic (exact) mass is 247 g/mol. The smallest absolute Gasteiger partial charge is 0.0383 e. The molecule has 0 aliphatic carbocycles. The van der Waals surface area contributed by atoms with Gasteiger partial charge in [0.15, 0.2) is 0 Å². The molecule has 0 aromatic carbocycles. The first kappa shape index (κ1) is 16.7. The van der Waals surface area contributed by atoms with Crippen LogP contribution in [0.1, 0.15) is 13.8 Å². The summed E-state index contributed by atoms with van der Waals surface area (Å²) >= 11 is 2.27. The molecule has 5 heteroatoms. The van der Waals surface area contributed by atoms with Gasteiger partial charge in [0.25, 0.3) is 0 Å². The second-order valence-corrected chi connectivity index (χ2v) is 1.84. The largest absolute Gasteiger partial charge is 0.550 e. The van der Waals surface area contributed by atoms with Crippen LogP contribution in [0.2, 0.25) is 0 Å². The SMILES string of the molecule is C=[CH][Ru+2].CC(=O)[O-].CC(=O)[O-]. The number of aliphatic carboxylic acids is 2. The fourth-order valence-corrected chi connectivity index (χ4v) is 0. The third-order valence-electron chi connectivity index (χ3n) is 0. The van der Waals surface area contributed by atoms with Gasteiger partial charge in [-0.2, -0.15) is 0 Å². The van der Waals surface area contributed by atoms with Crippen LogP contribution in [0, 0.1) is 0 Å². The zero-order valence-corrected chi connectivity index (χ0v) is 8.01. The van der Waals surface area contributed by atoms with E-state index >= 15 is 0 Å². The van der Waals surface area contributed by atoms with E-state index in [1.165, 1.54) is 0 Å². The fourth-order valence-electron chi connectivity index (χ4n) is 0. The van der Waals surface area contributed by atoms with Gasteiger partial charge in [0.1, 0.15) is 0 Å². The van der Waals surface area contributed by atoms with Gasteiger partial charge in [-0.1, -0.05) is 0 Å². The number of hydrogen-bond acceptors (Lipinski definition) is 4. The second kappa shape index (κ2) is 16.1. The van der Waals surface area contributed by atoms with Crippen molar-refractivity contribution in [1.29, 1.82) is 0 Å². The van der Waals surface area contributed by atoms with Gasteiger partial charge in [-0.25, -0.2) is 0 Å². The molecule has 0 aliphatic rings. The first-order chi connectivity index (χ1) is 4.88. The average Bonchev–Trinajstić information content (AvgIpc) is 1.60. The van der Waals surface area contributed by atoms with E-state index in [4.69, 9.17) is 19.8 Å². The van der Waals surface area contributed by atoms with E-state index in [0.29, 0.717) is 0 Å². The van der Waals surface area contributed by atoms with Crippen molar-refractivity contribution in [3.05, 3.63) is 11.2 Å². The zero-order valence-electron chi connectivity index (χ0n) is 6.27. The molecular formula is C6H9O4Ru. The van der Waals surface area contributed by atoms with Crippen LogP contribution in [0.15, 0.2) is 11.2 Å². The minimum atomic E-state index is -1.08. The number of rotatable bonds is 0. The predicted octanol–water partition coefficient (Wildman–Crippen LogP) is -1.81. The van der Waals surface area contributed by atoms with Gasteiger partial charge in [-0.3, -0.25) is 0 Å².